The van der Waals surface area contributed by atoms with E-state index in [1.165, 1.54) is 5.56 Å². The van der Waals surface area contributed by atoms with E-state index in [9.17, 15) is 0 Å². The van der Waals surface area contributed by atoms with Crippen LogP contribution in [0.25, 0.3) is 0 Å². The van der Waals surface area contributed by atoms with Gasteiger partial charge in [-0.05, 0) is 23.1 Å². The number of methoxy groups -OCH3 is 2. The smallest absolute Gasteiger partial charge is 0.161 e. The van der Waals surface area contributed by atoms with Gasteiger partial charge in [0.2, 0.25) is 0 Å². The van der Waals surface area contributed by atoms with Gasteiger partial charge in [-0.1, -0.05) is 26.8 Å². The van der Waals surface area contributed by atoms with Crippen LogP contribution in [-0.4, -0.2) is 45.3 Å². The zero-order valence-corrected chi connectivity index (χ0v) is 13.9. The highest BCUT2D eigenvalue weighted by Crippen LogP contribution is 2.41. The first-order valence-electron chi connectivity index (χ1n) is 7.64. The maximum absolute atomic E-state index is 5.47. The third-order valence-corrected chi connectivity index (χ3v) is 4.06. The molecule has 21 heavy (non-hydrogen) atoms. The van der Waals surface area contributed by atoms with E-state index in [4.69, 9.17) is 9.47 Å². The molecule has 0 bridgehead atoms. The first-order valence-corrected chi connectivity index (χ1v) is 7.64. The first-order chi connectivity index (χ1) is 9.97. The molecule has 0 amide bonds. The predicted octanol–water partition coefficient (Wildman–Crippen LogP) is 2.70. The molecule has 1 aliphatic rings. The van der Waals surface area contributed by atoms with E-state index >= 15 is 0 Å². The zero-order chi connectivity index (χ0) is 15.5. The highest BCUT2D eigenvalue weighted by molar-refractivity contribution is 5.44. The van der Waals surface area contributed by atoms with Crippen molar-refractivity contribution in [2.75, 3.05) is 40.4 Å². The Hall–Kier alpha value is -1.26. The average Bonchev–Trinajstić information content (AvgIpc) is 2.47. The second-order valence-corrected chi connectivity index (χ2v) is 6.67. The molecule has 0 spiro atoms. The van der Waals surface area contributed by atoms with Crippen LogP contribution in [0.1, 0.15) is 32.4 Å². The van der Waals surface area contributed by atoms with Gasteiger partial charge in [0, 0.05) is 32.2 Å². The van der Waals surface area contributed by atoms with Crippen LogP contribution in [0, 0.1) is 5.41 Å². The van der Waals surface area contributed by atoms with Gasteiger partial charge in [-0.15, -0.1) is 0 Å². The number of nitrogens with zero attached hydrogens (tertiary/aromatic N) is 1. The van der Waals surface area contributed by atoms with Gasteiger partial charge in [0.15, 0.2) is 11.5 Å². The molecule has 1 heterocycles. The van der Waals surface area contributed by atoms with Crippen molar-refractivity contribution in [3.63, 3.8) is 0 Å². The second-order valence-electron chi connectivity index (χ2n) is 6.67. The Kier molecular flexibility index (Phi) is 5.12. The van der Waals surface area contributed by atoms with Crippen molar-refractivity contribution in [3.8, 4) is 11.5 Å². The Morgan fingerprint density at radius 2 is 1.67 bits per heavy atom. The van der Waals surface area contributed by atoms with E-state index in [-0.39, 0.29) is 5.41 Å². The summed E-state index contributed by atoms with van der Waals surface area (Å²) in [5.74, 6) is 1.59. The predicted molar refractivity (Wildman–Crippen MR) is 86.2 cm³/mol. The van der Waals surface area contributed by atoms with Gasteiger partial charge in [-0.25, -0.2) is 0 Å². The summed E-state index contributed by atoms with van der Waals surface area (Å²) in [7, 11) is 3.37. The minimum absolute atomic E-state index is 0.164. The monoisotopic (exact) mass is 292 g/mol. The number of rotatable bonds is 4. The summed E-state index contributed by atoms with van der Waals surface area (Å²) in [5, 5.41) is 3.43. The van der Waals surface area contributed by atoms with Crippen LogP contribution in [0.15, 0.2) is 18.2 Å². The SMILES string of the molecule is COc1ccc([C@H](N2CCNCC2)C(C)(C)C)cc1OC. The lowest BCUT2D eigenvalue weighted by molar-refractivity contribution is 0.0860. The molecule has 4 heteroatoms. The number of hydrogen-bond donors (Lipinski definition) is 1. The molecule has 4 nitrogen and oxygen atoms in total. The van der Waals surface area contributed by atoms with Crippen LogP contribution in [0.3, 0.4) is 0 Å². The van der Waals surface area contributed by atoms with Gasteiger partial charge in [0.05, 0.1) is 14.2 Å². The summed E-state index contributed by atoms with van der Waals surface area (Å²) < 4.78 is 10.8. The van der Waals surface area contributed by atoms with E-state index < -0.39 is 0 Å². The van der Waals surface area contributed by atoms with E-state index in [2.05, 4.69) is 43.1 Å². The van der Waals surface area contributed by atoms with Crippen LogP contribution in [0.2, 0.25) is 0 Å². The van der Waals surface area contributed by atoms with Crippen LogP contribution in [0.4, 0.5) is 0 Å². The number of hydrogen-bond acceptors (Lipinski definition) is 4. The third-order valence-electron chi connectivity index (χ3n) is 4.06. The van der Waals surface area contributed by atoms with Crippen molar-refractivity contribution in [2.24, 2.45) is 5.41 Å². The molecule has 1 fully saturated rings. The molecule has 2 rings (SSSR count). The summed E-state index contributed by atoms with van der Waals surface area (Å²) in [4.78, 5) is 2.57. The fourth-order valence-corrected chi connectivity index (χ4v) is 3.22. The largest absolute Gasteiger partial charge is 0.493 e. The topological polar surface area (TPSA) is 33.7 Å². The fraction of sp³-hybridized carbons (Fsp3) is 0.647. The summed E-state index contributed by atoms with van der Waals surface area (Å²) in [6.45, 7) is 11.2. The van der Waals surface area contributed by atoms with Gasteiger partial charge >= 0.3 is 0 Å². The Bertz CT molecular complexity index is 462. The zero-order valence-electron chi connectivity index (χ0n) is 13.9. The van der Waals surface area contributed by atoms with Crippen molar-refractivity contribution >= 4 is 0 Å². The summed E-state index contributed by atoms with van der Waals surface area (Å²) in [6, 6.07) is 6.67. The molecule has 0 radical (unpaired) electrons. The highest BCUT2D eigenvalue weighted by Gasteiger charge is 2.33. The van der Waals surface area contributed by atoms with Gasteiger partial charge in [0.1, 0.15) is 0 Å². The molecule has 1 aromatic carbocycles. The fourth-order valence-electron chi connectivity index (χ4n) is 3.22. The first kappa shape index (κ1) is 16.1. The van der Waals surface area contributed by atoms with E-state index in [1.54, 1.807) is 14.2 Å². The summed E-state index contributed by atoms with van der Waals surface area (Å²) in [6.07, 6.45) is 0. The van der Waals surface area contributed by atoms with Crippen molar-refractivity contribution in [1.82, 2.24) is 10.2 Å². The number of piperazine rings is 1. The molecule has 0 aromatic heterocycles. The molecule has 0 aliphatic carbocycles. The van der Waals surface area contributed by atoms with Gasteiger partial charge in [-0.3, -0.25) is 4.90 Å². The highest BCUT2D eigenvalue weighted by atomic mass is 16.5. The number of ether oxygens (including phenoxy) is 2. The van der Waals surface area contributed by atoms with Crippen molar-refractivity contribution in [1.29, 1.82) is 0 Å². The molecule has 0 saturated carbocycles. The minimum atomic E-state index is 0.164. The van der Waals surface area contributed by atoms with E-state index in [1.807, 2.05) is 6.07 Å². The van der Waals surface area contributed by atoms with E-state index in [0.717, 1.165) is 37.7 Å². The molecule has 1 aliphatic heterocycles. The van der Waals surface area contributed by atoms with Crippen LogP contribution >= 0.6 is 0 Å². The second kappa shape index (κ2) is 6.67. The normalized spacial score (nSPS) is 18.3. The van der Waals surface area contributed by atoms with Crippen molar-refractivity contribution in [2.45, 2.75) is 26.8 Å². The Balaban J connectivity index is 2.36. The van der Waals surface area contributed by atoms with Crippen LogP contribution in [0.5, 0.6) is 11.5 Å². The van der Waals surface area contributed by atoms with Crippen LogP contribution < -0.4 is 14.8 Å². The molecule has 1 aromatic rings. The molecule has 118 valence electrons. The molecular formula is C17H28N2O2. The van der Waals surface area contributed by atoms with Gasteiger partial charge in [-0.2, -0.15) is 0 Å². The van der Waals surface area contributed by atoms with Gasteiger partial charge in [0.25, 0.3) is 0 Å². The summed E-state index contributed by atoms with van der Waals surface area (Å²) >= 11 is 0. The Labute approximate surface area is 128 Å². The quantitative estimate of drug-likeness (QED) is 0.925. The molecular weight excluding hydrogens is 264 g/mol. The minimum Gasteiger partial charge on any atom is -0.493 e. The molecule has 1 saturated heterocycles. The Morgan fingerprint density at radius 1 is 1.05 bits per heavy atom. The van der Waals surface area contributed by atoms with Crippen LogP contribution in [-0.2, 0) is 0 Å². The van der Waals surface area contributed by atoms with Crippen molar-refractivity contribution < 1.29 is 9.47 Å². The standard InChI is InChI=1S/C17H28N2O2/c1-17(2,3)16(19-10-8-18-9-11-19)13-6-7-14(20-4)15(12-13)21-5/h6-7,12,16,18H,8-11H2,1-5H3/t16-/m0/s1. The lowest BCUT2D eigenvalue weighted by Crippen LogP contribution is -2.48. The lowest BCUT2D eigenvalue weighted by atomic mass is 9.81. The third kappa shape index (κ3) is 3.69. The Morgan fingerprint density at radius 3 is 2.19 bits per heavy atom. The number of benzene rings is 1. The van der Waals surface area contributed by atoms with Crippen molar-refractivity contribution in [3.05, 3.63) is 23.8 Å². The summed E-state index contributed by atoms with van der Waals surface area (Å²) in [5.41, 5.74) is 1.46. The lowest BCUT2D eigenvalue weighted by Gasteiger charge is -2.42. The molecule has 0 unspecified atom stereocenters. The van der Waals surface area contributed by atoms with E-state index in [0.29, 0.717) is 6.04 Å². The van der Waals surface area contributed by atoms with Gasteiger partial charge < -0.3 is 14.8 Å². The maximum atomic E-state index is 5.47. The average molecular weight is 292 g/mol. The maximum Gasteiger partial charge on any atom is 0.161 e. The number of nitrogens with one attached hydrogen (secondary N) is 1. The molecule has 1 atom stereocenters. The molecule has 1 N–H and O–H groups in total.